The fourth-order valence-corrected chi connectivity index (χ4v) is 4.06. The predicted molar refractivity (Wildman–Crippen MR) is 112 cm³/mol. The van der Waals surface area contributed by atoms with Crippen molar-refractivity contribution in [1.82, 2.24) is 20.1 Å². The Labute approximate surface area is 170 Å². The molecule has 1 atom stereocenters. The maximum Gasteiger partial charge on any atom is 0.227 e. The van der Waals surface area contributed by atoms with E-state index in [1.807, 2.05) is 48.4 Å². The number of hydrogen-bond donors (Lipinski definition) is 1. The number of H-pyrrole nitrogens is 1. The van der Waals surface area contributed by atoms with Crippen LogP contribution in [0.5, 0.6) is 5.75 Å². The largest absolute Gasteiger partial charge is 0.497 e. The average Bonchev–Trinajstić information content (AvgIpc) is 3.14. The van der Waals surface area contributed by atoms with Crippen LogP contribution in [0.3, 0.4) is 0 Å². The van der Waals surface area contributed by atoms with Gasteiger partial charge in [-0.15, -0.1) is 0 Å². The third kappa shape index (κ3) is 4.01. The lowest BCUT2D eigenvalue weighted by Gasteiger charge is -2.36. The first-order chi connectivity index (χ1) is 14.2. The highest BCUT2D eigenvalue weighted by Crippen LogP contribution is 2.32. The summed E-state index contributed by atoms with van der Waals surface area (Å²) in [6.07, 6.45) is 7.13. The van der Waals surface area contributed by atoms with Crippen LogP contribution in [0.1, 0.15) is 42.1 Å². The van der Waals surface area contributed by atoms with Gasteiger partial charge in [-0.2, -0.15) is 5.10 Å². The minimum absolute atomic E-state index is 0.0987. The van der Waals surface area contributed by atoms with Crippen molar-refractivity contribution in [2.24, 2.45) is 0 Å². The molecule has 1 unspecified atom stereocenters. The number of carbonyl (C=O) groups excluding carboxylic acids is 1. The van der Waals surface area contributed by atoms with Gasteiger partial charge in [0.1, 0.15) is 5.75 Å². The molecule has 0 bridgehead atoms. The summed E-state index contributed by atoms with van der Waals surface area (Å²) in [4.78, 5) is 19.6. The summed E-state index contributed by atoms with van der Waals surface area (Å²) < 4.78 is 5.24. The number of aryl methyl sites for hydroxylation is 1. The zero-order chi connectivity index (χ0) is 20.2. The first-order valence-electron chi connectivity index (χ1n) is 10.0. The smallest absolute Gasteiger partial charge is 0.227 e. The lowest BCUT2D eigenvalue weighted by Crippen LogP contribution is -2.39. The van der Waals surface area contributed by atoms with E-state index in [4.69, 9.17) is 4.74 Å². The second kappa shape index (κ2) is 8.47. The molecule has 4 rings (SSSR count). The van der Waals surface area contributed by atoms with Crippen molar-refractivity contribution < 1.29 is 9.53 Å². The number of benzene rings is 1. The van der Waals surface area contributed by atoms with Crippen LogP contribution in [0, 0.1) is 6.92 Å². The van der Waals surface area contributed by atoms with Gasteiger partial charge >= 0.3 is 0 Å². The van der Waals surface area contributed by atoms with Gasteiger partial charge in [0.15, 0.2) is 0 Å². The Bertz CT molecular complexity index is 966. The number of ether oxygens (including phenoxy) is 1. The van der Waals surface area contributed by atoms with E-state index in [-0.39, 0.29) is 11.9 Å². The maximum absolute atomic E-state index is 13.3. The molecule has 1 aromatic carbocycles. The number of methoxy groups -OCH3 is 1. The number of piperidine rings is 1. The second-order valence-corrected chi connectivity index (χ2v) is 7.47. The van der Waals surface area contributed by atoms with E-state index in [1.54, 1.807) is 13.3 Å². The second-order valence-electron chi connectivity index (χ2n) is 7.47. The molecule has 0 saturated carbocycles. The highest BCUT2D eigenvalue weighted by atomic mass is 16.5. The number of carbonyl (C=O) groups is 1. The average molecular weight is 390 g/mol. The molecule has 1 amide bonds. The Balaban J connectivity index is 1.58. The molecule has 29 heavy (non-hydrogen) atoms. The fourth-order valence-electron chi connectivity index (χ4n) is 4.06. The first kappa shape index (κ1) is 19.2. The summed E-state index contributed by atoms with van der Waals surface area (Å²) in [6, 6.07) is 11.9. The standard InChI is InChI=1S/C23H26N4O2/c1-16-20(23(26-25-16)17-8-10-19(29-2)11-9-17)14-22(28)27-13-4-3-7-21(27)18-6-5-12-24-15-18/h5-6,8-12,15,21H,3-4,7,13-14H2,1-2H3,(H,25,26). The van der Waals surface area contributed by atoms with E-state index >= 15 is 0 Å². The number of amides is 1. The van der Waals surface area contributed by atoms with Crippen LogP contribution in [0.4, 0.5) is 0 Å². The molecule has 0 aliphatic carbocycles. The van der Waals surface area contributed by atoms with Gasteiger partial charge in [-0.05, 0) is 62.1 Å². The molecule has 1 aliphatic heterocycles. The Morgan fingerprint density at radius 2 is 2.07 bits per heavy atom. The summed E-state index contributed by atoms with van der Waals surface area (Å²) in [7, 11) is 1.65. The molecule has 1 aliphatic rings. The summed E-state index contributed by atoms with van der Waals surface area (Å²) in [5.41, 5.74) is 4.79. The van der Waals surface area contributed by atoms with Gasteiger partial charge in [0.25, 0.3) is 0 Å². The Hall–Kier alpha value is -3.15. The molecule has 0 spiro atoms. The lowest BCUT2D eigenvalue weighted by atomic mass is 9.95. The van der Waals surface area contributed by atoms with E-state index in [9.17, 15) is 4.79 Å². The van der Waals surface area contributed by atoms with Gasteiger partial charge in [0.2, 0.25) is 5.91 Å². The number of hydrogen-bond acceptors (Lipinski definition) is 4. The van der Waals surface area contributed by atoms with Gasteiger partial charge in [-0.25, -0.2) is 0 Å². The Morgan fingerprint density at radius 3 is 2.79 bits per heavy atom. The number of aromatic amines is 1. The third-order valence-corrected chi connectivity index (χ3v) is 5.66. The van der Waals surface area contributed by atoms with E-state index in [0.29, 0.717) is 6.42 Å². The zero-order valence-electron chi connectivity index (χ0n) is 16.9. The molecule has 0 radical (unpaired) electrons. The molecule has 150 valence electrons. The molecule has 6 heteroatoms. The van der Waals surface area contributed by atoms with Crippen molar-refractivity contribution in [3.05, 3.63) is 65.6 Å². The van der Waals surface area contributed by atoms with Crippen molar-refractivity contribution >= 4 is 5.91 Å². The van der Waals surface area contributed by atoms with Gasteiger partial charge in [0.05, 0.1) is 25.3 Å². The monoisotopic (exact) mass is 390 g/mol. The molecule has 1 fully saturated rings. The summed E-state index contributed by atoms with van der Waals surface area (Å²) in [5.74, 6) is 0.934. The van der Waals surface area contributed by atoms with Crippen LogP contribution in [-0.2, 0) is 11.2 Å². The van der Waals surface area contributed by atoms with Crippen molar-refractivity contribution in [1.29, 1.82) is 0 Å². The van der Waals surface area contributed by atoms with Crippen LogP contribution < -0.4 is 4.74 Å². The zero-order valence-corrected chi connectivity index (χ0v) is 16.9. The van der Waals surface area contributed by atoms with Crippen LogP contribution in [0.15, 0.2) is 48.8 Å². The number of likely N-dealkylation sites (tertiary alicyclic amines) is 1. The lowest BCUT2D eigenvalue weighted by molar-refractivity contribution is -0.134. The Kier molecular flexibility index (Phi) is 5.60. The quantitative estimate of drug-likeness (QED) is 0.712. The van der Waals surface area contributed by atoms with Crippen molar-refractivity contribution in [2.45, 2.75) is 38.6 Å². The number of nitrogens with zero attached hydrogens (tertiary/aromatic N) is 3. The number of nitrogens with one attached hydrogen (secondary N) is 1. The summed E-state index contributed by atoms with van der Waals surface area (Å²) in [6.45, 7) is 2.75. The van der Waals surface area contributed by atoms with Gasteiger partial charge < -0.3 is 9.64 Å². The molecule has 1 N–H and O–H groups in total. The number of rotatable bonds is 5. The van der Waals surface area contributed by atoms with E-state index in [1.165, 1.54) is 0 Å². The first-order valence-corrected chi connectivity index (χ1v) is 10.0. The number of aromatic nitrogens is 3. The minimum atomic E-state index is 0.0987. The fraction of sp³-hybridized carbons (Fsp3) is 0.348. The van der Waals surface area contributed by atoms with Crippen molar-refractivity contribution in [3.63, 3.8) is 0 Å². The molecule has 3 heterocycles. The maximum atomic E-state index is 13.3. The van der Waals surface area contributed by atoms with Crippen LogP contribution >= 0.6 is 0 Å². The van der Waals surface area contributed by atoms with E-state index in [2.05, 4.69) is 21.2 Å². The molecular formula is C23H26N4O2. The topological polar surface area (TPSA) is 71.1 Å². The van der Waals surface area contributed by atoms with E-state index in [0.717, 1.165) is 59.6 Å². The van der Waals surface area contributed by atoms with Gasteiger partial charge in [0, 0.05) is 35.8 Å². The molecule has 6 nitrogen and oxygen atoms in total. The molecule has 3 aromatic rings. The van der Waals surface area contributed by atoms with Gasteiger partial charge in [-0.1, -0.05) is 6.07 Å². The van der Waals surface area contributed by atoms with Gasteiger partial charge in [-0.3, -0.25) is 14.9 Å². The Morgan fingerprint density at radius 1 is 1.24 bits per heavy atom. The molecular weight excluding hydrogens is 364 g/mol. The van der Waals surface area contributed by atoms with E-state index < -0.39 is 0 Å². The SMILES string of the molecule is COc1ccc(-c2n[nH]c(C)c2CC(=O)N2CCCCC2c2cccnc2)cc1. The van der Waals surface area contributed by atoms with Crippen LogP contribution in [-0.4, -0.2) is 39.6 Å². The highest BCUT2D eigenvalue weighted by Gasteiger charge is 2.29. The summed E-state index contributed by atoms with van der Waals surface area (Å²) >= 11 is 0. The summed E-state index contributed by atoms with van der Waals surface area (Å²) in [5, 5.41) is 7.52. The highest BCUT2D eigenvalue weighted by molar-refractivity contribution is 5.82. The molecule has 1 saturated heterocycles. The van der Waals surface area contributed by atoms with Crippen molar-refractivity contribution in [3.8, 4) is 17.0 Å². The van der Waals surface area contributed by atoms with Crippen LogP contribution in [0.2, 0.25) is 0 Å². The van der Waals surface area contributed by atoms with Crippen molar-refractivity contribution in [2.75, 3.05) is 13.7 Å². The van der Waals surface area contributed by atoms with Crippen LogP contribution in [0.25, 0.3) is 11.3 Å². The third-order valence-electron chi connectivity index (χ3n) is 5.66. The minimum Gasteiger partial charge on any atom is -0.497 e. The predicted octanol–water partition coefficient (Wildman–Crippen LogP) is 4.09. The molecule has 2 aromatic heterocycles. The normalized spacial score (nSPS) is 16.6. The number of pyridine rings is 1.